The largest absolute Gasteiger partial charge is 0.496 e. The maximum absolute atomic E-state index is 13.4. The van der Waals surface area contributed by atoms with Crippen LogP contribution in [0.15, 0.2) is 30.4 Å². The number of benzene rings is 1. The van der Waals surface area contributed by atoms with Gasteiger partial charge in [0.25, 0.3) is 5.91 Å². The van der Waals surface area contributed by atoms with Crippen molar-refractivity contribution in [3.05, 3.63) is 58.7 Å². The Morgan fingerprint density at radius 2 is 2.03 bits per heavy atom. The Bertz CT molecular complexity index is 1250. The molecular formula is C26H32N6O5. The highest BCUT2D eigenvalue weighted by atomic mass is 16.6. The van der Waals surface area contributed by atoms with Gasteiger partial charge in [-0.2, -0.15) is 0 Å². The summed E-state index contributed by atoms with van der Waals surface area (Å²) in [6.07, 6.45) is 7.48. The van der Waals surface area contributed by atoms with Crippen LogP contribution in [0.2, 0.25) is 0 Å². The van der Waals surface area contributed by atoms with E-state index < -0.39 is 12.3 Å². The van der Waals surface area contributed by atoms with Crippen LogP contribution in [0.1, 0.15) is 52.5 Å². The summed E-state index contributed by atoms with van der Waals surface area (Å²) < 4.78 is 17.9. The van der Waals surface area contributed by atoms with E-state index >= 15 is 0 Å². The minimum absolute atomic E-state index is 0.198. The fourth-order valence-electron chi connectivity index (χ4n) is 4.97. The quantitative estimate of drug-likeness (QED) is 0.547. The number of rotatable bonds is 7. The molecule has 1 aromatic carbocycles. The number of aryl methyl sites for hydroxylation is 1. The first-order valence-electron chi connectivity index (χ1n) is 12.5. The average molecular weight is 509 g/mol. The zero-order valence-electron chi connectivity index (χ0n) is 21.3. The van der Waals surface area contributed by atoms with Gasteiger partial charge in [-0.25, -0.2) is 4.79 Å². The van der Waals surface area contributed by atoms with Crippen LogP contribution in [0.3, 0.4) is 0 Å². The molecule has 1 aromatic heterocycles. The van der Waals surface area contributed by atoms with E-state index in [0.29, 0.717) is 43.5 Å². The van der Waals surface area contributed by atoms with Gasteiger partial charge in [-0.05, 0) is 55.2 Å². The predicted octanol–water partition coefficient (Wildman–Crippen LogP) is 2.19. The molecule has 11 nitrogen and oxygen atoms in total. The highest BCUT2D eigenvalue weighted by molar-refractivity contribution is 5.97. The Morgan fingerprint density at radius 1 is 1.16 bits per heavy atom. The van der Waals surface area contributed by atoms with Gasteiger partial charge < -0.3 is 34.3 Å². The molecule has 4 heterocycles. The van der Waals surface area contributed by atoms with Crippen LogP contribution in [-0.4, -0.2) is 71.8 Å². The molecule has 37 heavy (non-hydrogen) atoms. The SMILES string of the molecule is COCCOC(=O)N1CCc2cc(OC)c(C(=O)NC3C=CC=C(c4nnc5n4[C@H](C)CC5)N3)cc2C1. The second-order valence-electron chi connectivity index (χ2n) is 9.36. The van der Waals surface area contributed by atoms with Crippen molar-refractivity contribution in [3.63, 3.8) is 0 Å². The summed E-state index contributed by atoms with van der Waals surface area (Å²) in [5.74, 6) is 1.96. The van der Waals surface area contributed by atoms with Crippen molar-refractivity contribution in [1.29, 1.82) is 0 Å². The molecule has 2 aromatic rings. The normalized spacial score (nSPS) is 20.0. The molecule has 5 rings (SSSR count). The molecule has 0 saturated carbocycles. The predicted molar refractivity (Wildman–Crippen MR) is 135 cm³/mol. The summed E-state index contributed by atoms with van der Waals surface area (Å²) in [4.78, 5) is 27.4. The summed E-state index contributed by atoms with van der Waals surface area (Å²) in [5.41, 5.74) is 3.14. The lowest BCUT2D eigenvalue weighted by atomic mass is 9.96. The Kier molecular flexibility index (Phi) is 7.13. The third kappa shape index (κ3) is 5.04. The van der Waals surface area contributed by atoms with Gasteiger partial charge in [-0.15, -0.1) is 10.2 Å². The number of amides is 2. The number of hydrogen-bond donors (Lipinski definition) is 2. The van der Waals surface area contributed by atoms with Crippen LogP contribution in [0, 0.1) is 0 Å². The van der Waals surface area contributed by atoms with Gasteiger partial charge >= 0.3 is 6.09 Å². The van der Waals surface area contributed by atoms with Crippen LogP contribution < -0.4 is 15.4 Å². The molecule has 0 radical (unpaired) electrons. The lowest BCUT2D eigenvalue weighted by Crippen LogP contribution is -2.44. The minimum atomic E-state index is -0.440. The van der Waals surface area contributed by atoms with E-state index in [9.17, 15) is 9.59 Å². The molecule has 2 N–H and O–H groups in total. The maximum atomic E-state index is 13.4. The van der Waals surface area contributed by atoms with E-state index in [1.54, 1.807) is 25.2 Å². The summed E-state index contributed by atoms with van der Waals surface area (Å²) in [5, 5.41) is 15.1. The van der Waals surface area contributed by atoms with E-state index in [2.05, 4.69) is 32.3 Å². The van der Waals surface area contributed by atoms with E-state index in [1.165, 1.54) is 0 Å². The Balaban J connectivity index is 1.29. The molecule has 0 saturated heterocycles. The van der Waals surface area contributed by atoms with Gasteiger partial charge in [-0.1, -0.05) is 6.08 Å². The van der Waals surface area contributed by atoms with Crippen molar-refractivity contribution in [2.45, 2.75) is 44.9 Å². The maximum Gasteiger partial charge on any atom is 0.410 e. The lowest BCUT2D eigenvalue weighted by Gasteiger charge is -2.29. The topological polar surface area (TPSA) is 120 Å². The number of carbonyl (C=O) groups is 2. The van der Waals surface area contributed by atoms with Crippen molar-refractivity contribution in [2.75, 3.05) is 34.0 Å². The summed E-state index contributed by atoms with van der Waals surface area (Å²) >= 11 is 0. The number of nitrogens with one attached hydrogen (secondary N) is 2. The number of hydrogen-bond acceptors (Lipinski definition) is 8. The van der Waals surface area contributed by atoms with Gasteiger partial charge in [0.15, 0.2) is 5.82 Å². The van der Waals surface area contributed by atoms with Crippen molar-refractivity contribution in [1.82, 2.24) is 30.3 Å². The van der Waals surface area contributed by atoms with Crippen LogP contribution in [-0.2, 0) is 28.9 Å². The first-order chi connectivity index (χ1) is 18.0. The molecule has 0 fully saturated rings. The number of ether oxygens (including phenoxy) is 3. The third-order valence-electron chi connectivity index (χ3n) is 6.95. The Labute approximate surface area is 215 Å². The standard InChI is InChI=1S/C26H32N6O5/c1-16-7-8-23-29-30-24(32(16)23)20-5-4-6-22(27-20)28-25(33)19-13-18-15-31(26(34)37-12-11-35-2)10-9-17(18)14-21(19)36-3/h4-6,13-14,16,22,27H,7-12,15H2,1-3H3,(H,28,33)/t16-,22?/m1/s1. The second-order valence-corrected chi connectivity index (χ2v) is 9.36. The second kappa shape index (κ2) is 10.6. The first kappa shape index (κ1) is 24.8. The van der Waals surface area contributed by atoms with Crippen molar-refractivity contribution < 1.29 is 23.8 Å². The van der Waals surface area contributed by atoms with Gasteiger partial charge in [0.05, 0.1) is 25.0 Å². The van der Waals surface area contributed by atoms with E-state index in [4.69, 9.17) is 14.2 Å². The molecule has 0 spiro atoms. The van der Waals surface area contributed by atoms with E-state index in [0.717, 1.165) is 41.3 Å². The zero-order valence-corrected chi connectivity index (χ0v) is 21.3. The minimum Gasteiger partial charge on any atom is -0.496 e. The summed E-state index contributed by atoms with van der Waals surface area (Å²) in [6, 6.07) is 4.01. The molecule has 3 aliphatic rings. The molecule has 3 aliphatic heterocycles. The van der Waals surface area contributed by atoms with Gasteiger partial charge in [0, 0.05) is 32.7 Å². The molecule has 2 amide bonds. The number of methoxy groups -OCH3 is 2. The van der Waals surface area contributed by atoms with Crippen molar-refractivity contribution in [3.8, 4) is 5.75 Å². The average Bonchev–Trinajstić information content (AvgIpc) is 3.50. The van der Waals surface area contributed by atoms with Crippen molar-refractivity contribution >= 4 is 17.7 Å². The number of nitrogens with zero attached hydrogens (tertiary/aromatic N) is 4. The zero-order chi connectivity index (χ0) is 25.9. The summed E-state index contributed by atoms with van der Waals surface area (Å²) in [7, 11) is 3.11. The van der Waals surface area contributed by atoms with Crippen LogP contribution in [0.4, 0.5) is 4.79 Å². The van der Waals surface area contributed by atoms with Gasteiger partial charge in [0.2, 0.25) is 0 Å². The fraction of sp³-hybridized carbons (Fsp3) is 0.462. The Morgan fingerprint density at radius 3 is 2.84 bits per heavy atom. The smallest absolute Gasteiger partial charge is 0.410 e. The lowest BCUT2D eigenvalue weighted by molar-refractivity contribution is 0.0688. The van der Waals surface area contributed by atoms with Crippen LogP contribution in [0.25, 0.3) is 5.70 Å². The third-order valence-corrected chi connectivity index (χ3v) is 6.95. The Hall–Kier alpha value is -3.86. The summed E-state index contributed by atoms with van der Waals surface area (Å²) in [6.45, 7) is 3.59. The van der Waals surface area contributed by atoms with E-state index in [1.807, 2.05) is 24.3 Å². The van der Waals surface area contributed by atoms with Gasteiger partial charge in [0.1, 0.15) is 24.3 Å². The molecule has 1 unspecified atom stereocenters. The highest BCUT2D eigenvalue weighted by Gasteiger charge is 2.28. The molecule has 0 bridgehead atoms. The number of aromatic nitrogens is 3. The number of allylic oxidation sites excluding steroid dienone is 2. The molecular weight excluding hydrogens is 476 g/mol. The van der Waals surface area contributed by atoms with Gasteiger partial charge in [-0.3, -0.25) is 4.79 Å². The molecule has 2 atom stereocenters. The van der Waals surface area contributed by atoms with Crippen LogP contribution in [0.5, 0.6) is 5.75 Å². The van der Waals surface area contributed by atoms with Crippen molar-refractivity contribution in [2.24, 2.45) is 0 Å². The highest BCUT2D eigenvalue weighted by Crippen LogP contribution is 2.30. The fourth-order valence-corrected chi connectivity index (χ4v) is 4.97. The molecule has 196 valence electrons. The number of dihydropyridines is 1. The first-order valence-corrected chi connectivity index (χ1v) is 12.5. The number of carbonyl (C=O) groups excluding carboxylic acids is 2. The van der Waals surface area contributed by atoms with E-state index in [-0.39, 0.29) is 12.5 Å². The van der Waals surface area contributed by atoms with Crippen LogP contribution >= 0.6 is 0 Å². The molecule has 11 heteroatoms. The number of fused-ring (bicyclic) bond motifs is 2. The molecule has 0 aliphatic carbocycles. The monoisotopic (exact) mass is 508 g/mol.